The van der Waals surface area contributed by atoms with E-state index in [-0.39, 0.29) is 6.67 Å². The van der Waals surface area contributed by atoms with Crippen LogP contribution in [0.3, 0.4) is 0 Å². The summed E-state index contributed by atoms with van der Waals surface area (Å²) in [4.78, 5) is 11.2. The minimum atomic E-state index is -0.787. The summed E-state index contributed by atoms with van der Waals surface area (Å²) in [6.07, 6.45) is 2.64. The molecule has 1 atom stereocenters. The van der Waals surface area contributed by atoms with Crippen LogP contribution in [0.4, 0.5) is 4.39 Å². The van der Waals surface area contributed by atoms with Gasteiger partial charge in [0, 0.05) is 0 Å². The van der Waals surface area contributed by atoms with Gasteiger partial charge in [0.1, 0.15) is 0 Å². The summed E-state index contributed by atoms with van der Waals surface area (Å²) in [6, 6.07) is 7.58. The summed E-state index contributed by atoms with van der Waals surface area (Å²) in [6.45, 7) is 1.56. The molecule has 0 fully saturated rings. The van der Waals surface area contributed by atoms with Crippen molar-refractivity contribution in [2.45, 2.75) is 38.5 Å². The molecular weight excluding hydrogens is 219 g/mol. The maximum atomic E-state index is 12.1. The van der Waals surface area contributed by atoms with Gasteiger partial charge in [-0.1, -0.05) is 31.2 Å². The Morgan fingerprint density at radius 1 is 1.35 bits per heavy atom. The van der Waals surface area contributed by atoms with Crippen LogP contribution >= 0.6 is 0 Å². The average molecular weight is 238 g/mol. The van der Waals surface area contributed by atoms with Crippen LogP contribution in [-0.4, -0.2) is 17.8 Å². The lowest BCUT2D eigenvalue weighted by Gasteiger charge is -2.15. The van der Waals surface area contributed by atoms with Crippen molar-refractivity contribution in [3.8, 4) is 0 Å². The quantitative estimate of drug-likeness (QED) is 0.737. The van der Waals surface area contributed by atoms with Crippen molar-refractivity contribution in [1.29, 1.82) is 0 Å². The Kier molecular flexibility index (Phi) is 5.67. The van der Waals surface area contributed by atoms with Crippen LogP contribution in [0.25, 0.3) is 0 Å². The molecule has 0 spiro atoms. The molecule has 1 aromatic rings. The van der Waals surface area contributed by atoms with Crippen LogP contribution in [0.1, 0.15) is 43.2 Å². The lowest BCUT2D eigenvalue weighted by atomic mass is 9.90. The number of carboxylic acids is 1. The molecule has 0 saturated carbocycles. The number of carbonyl (C=O) groups is 1. The highest BCUT2D eigenvalue weighted by atomic mass is 19.1. The van der Waals surface area contributed by atoms with Crippen molar-refractivity contribution in [3.63, 3.8) is 0 Å². The molecular formula is C14H19FO2. The second kappa shape index (κ2) is 7.05. The summed E-state index contributed by atoms with van der Waals surface area (Å²) in [5, 5.41) is 9.16. The Bertz CT molecular complexity index is 363. The van der Waals surface area contributed by atoms with Gasteiger partial charge in [-0.05, 0) is 36.8 Å². The molecule has 0 aromatic heterocycles. The first-order valence-corrected chi connectivity index (χ1v) is 6.07. The van der Waals surface area contributed by atoms with Crippen molar-refractivity contribution in [2.75, 3.05) is 6.67 Å². The number of hydrogen-bond donors (Lipinski definition) is 1. The third-order valence-electron chi connectivity index (χ3n) is 2.97. The summed E-state index contributed by atoms with van der Waals surface area (Å²) >= 11 is 0. The van der Waals surface area contributed by atoms with E-state index < -0.39 is 11.9 Å². The zero-order valence-electron chi connectivity index (χ0n) is 10.2. The van der Waals surface area contributed by atoms with Gasteiger partial charge in [0.05, 0.1) is 12.6 Å². The first-order chi connectivity index (χ1) is 8.20. The van der Waals surface area contributed by atoms with Gasteiger partial charge >= 0.3 is 5.97 Å². The first kappa shape index (κ1) is 13.7. The van der Waals surface area contributed by atoms with E-state index >= 15 is 0 Å². The van der Waals surface area contributed by atoms with E-state index in [0.717, 1.165) is 24.0 Å². The van der Waals surface area contributed by atoms with E-state index in [0.29, 0.717) is 12.8 Å². The number of alkyl halides is 1. The molecule has 3 heteroatoms. The molecule has 0 aliphatic carbocycles. The number of aliphatic carboxylic acids is 1. The Hall–Kier alpha value is -1.38. The third-order valence-corrected chi connectivity index (χ3v) is 2.97. The fourth-order valence-corrected chi connectivity index (χ4v) is 2.04. The van der Waals surface area contributed by atoms with E-state index in [1.54, 1.807) is 0 Å². The van der Waals surface area contributed by atoms with Gasteiger partial charge in [0.15, 0.2) is 0 Å². The van der Waals surface area contributed by atoms with Crippen molar-refractivity contribution in [1.82, 2.24) is 0 Å². The van der Waals surface area contributed by atoms with E-state index in [2.05, 4.69) is 0 Å². The predicted octanol–water partition coefficient (Wildman–Crippen LogP) is 3.56. The fraction of sp³-hybridized carbons (Fsp3) is 0.500. The van der Waals surface area contributed by atoms with Crippen molar-refractivity contribution < 1.29 is 14.3 Å². The first-order valence-electron chi connectivity index (χ1n) is 6.07. The van der Waals surface area contributed by atoms with Crippen molar-refractivity contribution >= 4 is 5.97 Å². The van der Waals surface area contributed by atoms with Crippen LogP contribution in [-0.2, 0) is 11.2 Å². The number of halogens is 1. The second-order valence-corrected chi connectivity index (χ2v) is 4.14. The van der Waals surface area contributed by atoms with Gasteiger partial charge in [-0.25, -0.2) is 0 Å². The molecule has 0 radical (unpaired) electrons. The number of hydrogen-bond acceptors (Lipinski definition) is 1. The lowest BCUT2D eigenvalue weighted by Crippen LogP contribution is -2.12. The molecule has 1 N–H and O–H groups in total. The molecule has 0 heterocycles. The predicted molar refractivity (Wildman–Crippen MR) is 66.0 cm³/mol. The minimum absolute atomic E-state index is 0.307. The highest BCUT2D eigenvalue weighted by molar-refractivity contribution is 5.76. The number of benzene rings is 1. The Morgan fingerprint density at radius 3 is 2.65 bits per heavy atom. The maximum absolute atomic E-state index is 12.1. The number of rotatable bonds is 7. The van der Waals surface area contributed by atoms with E-state index in [1.807, 2.05) is 31.2 Å². The van der Waals surface area contributed by atoms with Crippen LogP contribution < -0.4 is 0 Å². The van der Waals surface area contributed by atoms with Crippen LogP contribution in [0, 0.1) is 0 Å². The minimum Gasteiger partial charge on any atom is -0.481 e. The largest absolute Gasteiger partial charge is 0.481 e. The zero-order chi connectivity index (χ0) is 12.7. The van der Waals surface area contributed by atoms with Gasteiger partial charge in [0.25, 0.3) is 0 Å². The molecule has 2 nitrogen and oxygen atoms in total. The highest BCUT2D eigenvalue weighted by Gasteiger charge is 2.19. The molecule has 94 valence electrons. The summed E-state index contributed by atoms with van der Waals surface area (Å²) in [5.74, 6) is -1.23. The lowest BCUT2D eigenvalue weighted by molar-refractivity contribution is -0.138. The Labute approximate surface area is 101 Å². The van der Waals surface area contributed by atoms with Crippen molar-refractivity contribution in [2.24, 2.45) is 0 Å². The molecule has 1 unspecified atom stereocenters. The van der Waals surface area contributed by atoms with Crippen LogP contribution in [0.15, 0.2) is 24.3 Å². The van der Waals surface area contributed by atoms with E-state index in [4.69, 9.17) is 5.11 Å². The number of carboxylic acid groups (broad SMARTS) is 1. The van der Waals surface area contributed by atoms with Crippen LogP contribution in [0.5, 0.6) is 0 Å². The molecule has 1 rings (SSSR count). The fourth-order valence-electron chi connectivity index (χ4n) is 2.04. The monoisotopic (exact) mass is 238 g/mol. The van der Waals surface area contributed by atoms with Gasteiger partial charge in [-0.15, -0.1) is 0 Å². The third kappa shape index (κ3) is 3.84. The standard InChI is InChI=1S/C14H19FO2/c1-2-12(14(16)17)13-9-4-3-7-11(13)8-5-6-10-15/h3-4,7,9,12H,2,5-6,8,10H2,1H3,(H,16,17). The smallest absolute Gasteiger partial charge is 0.310 e. The molecule has 0 saturated heterocycles. The molecule has 17 heavy (non-hydrogen) atoms. The summed E-state index contributed by atoms with van der Waals surface area (Å²) in [5.41, 5.74) is 1.91. The van der Waals surface area contributed by atoms with E-state index in [9.17, 15) is 9.18 Å². The summed E-state index contributed by atoms with van der Waals surface area (Å²) in [7, 11) is 0. The maximum Gasteiger partial charge on any atom is 0.310 e. The molecule has 0 aliphatic rings. The SMILES string of the molecule is CCC(C(=O)O)c1ccccc1CCCCF. The van der Waals surface area contributed by atoms with Gasteiger partial charge in [-0.2, -0.15) is 0 Å². The number of unbranched alkanes of at least 4 members (excludes halogenated alkanes) is 1. The second-order valence-electron chi connectivity index (χ2n) is 4.14. The molecule has 0 amide bonds. The number of aryl methyl sites for hydroxylation is 1. The van der Waals surface area contributed by atoms with Crippen LogP contribution in [0.2, 0.25) is 0 Å². The van der Waals surface area contributed by atoms with Gasteiger partial charge < -0.3 is 5.11 Å². The van der Waals surface area contributed by atoms with Gasteiger partial charge in [0.2, 0.25) is 0 Å². The summed E-state index contributed by atoms with van der Waals surface area (Å²) < 4.78 is 12.1. The average Bonchev–Trinajstić information content (AvgIpc) is 2.32. The molecule has 0 bridgehead atoms. The van der Waals surface area contributed by atoms with Gasteiger partial charge in [-0.3, -0.25) is 9.18 Å². The Balaban J connectivity index is 2.86. The Morgan fingerprint density at radius 2 is 2.06 bits per heavy atom. The normalized spacial score (nSPS) is 12.4. The van der Waals surface area contributed by atoms with Crippen molar-refractivity contribution in [3.05, 3.63) is 35.4 Å². The zero-order valence-corrected chi connectivity index (χ0v) is 10.2. The molecule has 0 aliphatic heterocycles. The molecule has 1 aromatic carbocycles. The highest BCUT2D eigenvalue weighted by Crippen LogP contribution is 2.24. The van der Waals surface area contributed by atoms with E-state index in [1.165, 1.54) is 0 Å². The topological polar surface area (TPSA) is 37.3 Å².